The van der Waals surface area contributed by atoms with E-state index in [9.17, 15) is 18.0 Å². The highest BCUT2D eigenvalue weighted by molar-refractivity contribution is 5.97. The predicted molar refractivity (Wildman–Crippen MR) is 72.0 cm³/mol. The Morgan fingerprint density at radius 2 is 2.00 bits per heavy atom. The van der Waals surface area contributed by atoms with Gasteiger partial charge >= 0.3 is 6.18 Å². The number of nitrogens with one attached hydrogen (secondary N) is 1. The number of hydrogen-bond donors (Lipinski definition) is 2. The first kappa shape index (κ1) is 15.6. The normalized spacial score (nSPS) is 17.0. The van der Waals surface area contributed by atoms with Crippen molar-refractivity contribution in [3.63, 3.8) is 0 Å². The van der Waals surface area contributed by atoms with E-state index >= 15 is 0 Å². The van der Waals surface area contributed by atoms with Crippen LogP contribution in [0.5, 0.6) is 5.75 Å². The highest BCUT2D eigenvalue weighted by Gasteiger charge is 2.43. The molecule has 3 N–H and O–H groups in total. The Labute approximate surface area is 120 Å². The molecular formula is C14H17F3N2O2. The fraction of sp³-hybridized carbons (Fsp3) is 0.500. The largest absolute Gasteiger partial charge is 0.482 e. The van der Waals surface area contributed by atoms with Gasteiger partial charge in [0.1, 0.15) is 5.75 Å². The van der Waals surface area contributed by atoms with E-state index in [1.165, 1.54) is 12.1 Å². The Balaban J connectivity index is 2.08. The summed E-state index contributed by atoms with van der Waals surface area (Å²) >= 11 is 0. The number of benzene rings is 1. The van der Waals surface area contributed by atoms with E-state index in [0.717, 1.165) is 6.42 Å². The summed E-state index contributed by atoms with van der Waals surface area (Å²) in [6, 6.07) is 6.05. The Hall–Kier alpha value is -1.76. The molecule has 0 bridgehead atoms. The maximum atomic E-state index is 12.2. The van der Waals surface area contributed by atoms with Gasteiger partial charge in [-0.25, -0.2) is 0 Å². The maximum Gasteiger partial charge on any atom is 0.422 e. The number of ether oxygens (including phenoxy) is 1. The van der Waals surface area contributed by atoms with Crippen LogP contribution in [0.2, 0.25) is 0 Å². The van der Waals surface area contributed by atoms with Gasteiger partial charge in [0, 0.05) is 6.54 Å². The van der Waals surface area contributed by atoms with E-state index in [4.69, 9.17) is 10.5 Å². The average Bonchev–Trinajstić information content (AvgIpc) is 2.36. The van der Waals surface area contributed by atoms with Crippen molar-refractivity contribution < 1.29 is 22.7 Å². The molecule has 1 amide bonds. The van der Waals surface area contributed by atoms with Crippen molar-refractivity contribution in [2.24, 2.45) is 11.1 Å². The van der Waals surface area contributed by atoms with Crippen molar-refractivity contribution >= 4 is 11.6 Å². The molecule has 0 aliphatic heterocycles. The van der Waals surface area contributed by atoms with Gasteiger partial charge in [-0.3, -0.25) is 4.79 Å². The van der Waals surface area contributed by atoms with E-state index in [0.29, 0.717) is 12.8 Å². The number of hydrogen-bond acceptors (Lipinski definition) is 3. The second-order valence-corrected chi connectivity index (χ2v) is 5.19. The number of carbonyl (C=O) groups excluding carboxylic acids is 1. The summed E-state index contributed by atoms with van der Waals surface area (Å²) in [6.45, 7) is -1.17. The third kappa shape index (κ3) is 3.66. The number of halogens is 3. The van der Waals surface area contributed by atoms with Crippen LogP contribution < -0.4 is 15.8 Å². The number of anilines is 1. The lowest BCUT2D eigenvalue weighted by molar-refractivity contribution is -0.153. The van der Waals surface area contributed by atoms with Gasteiger partial charge in [-0.05, 0) is 25.0 Å². The number of alkyl halides is 3. The zero-order chi connectivity index (χ0) is 15.5. The topological polar surface area (TPSA) is 64.4 Å². The van der Waals surface area contributed by atoms with Crippen LogP contribution in [-0.2, 0) is 4.79 Å². The molecule has 0 aromatic heterocycles. The quantitative estimate of drug-likeness (QED) is 0.879. The Morgan fingerprint density at radius 3 is 2.52 bits per heavy atom. The fourth-order valence-corrected chi connectivity index (χ4v) is 2.24. The van der Waals surface area contributed by atoms with E-state index in [-0.39, 0.29) is 23.9 Å². The Morgan fingerprint density at radius 1 is 1.33 bits per heavy atom. The molecule has 21 heavy (non-hydrogen) atoms. The molecule has 0 radical (unpaired) electrons. The fourth-order valence-electron chi connectivity index (χ4n) is 2.24. The zero-order valence-corrected chi connectivity index (χ0v) is 11.4. The second kappa shape index (κ2) is 5.93. The minimum atomic E-state index is -4.43. The standard InChI is InChI=1S/C14H17F3N2O2/c15-14(16,17)9-21-11-5-2-1-4-10(11)19-12(20)13(8-18)6-3-7-13/h1-2,4-5H,3,6-9,18H2,(H,19,20). The molecule has 1 aliphatic rings. The van der Waals surface area contributed by atoms with Crippen molar-refractivity contribution in [2.45, 2.75) is 25.4 Å². The molecule has 0 saturated heterocycles. The van der Waals surface area contributed by atoms with Gasteiger partial charge in [-0.1, -0.05) is 18.6 Å². The minimum absolute atomic E-state index is 0.00494. The zero-order valence-electron chi connectivity index (χ0n) is 11.4. The van der Waals surface area contributed by atoms with Crippen molar-refractivity contribution in [3.8, 4) is 5.75 Å². The van der Waals surface area contributed by atoms with Crippen LogP contribution in [0.15, 0.2) is 24.3 Å². The SMILES string of the molecule is NCC1(C(=O)Nc2ccccc2OCC(F)(F)F)CCC1. The third-order valence-corrected chi connectivity index (χ3v) is 3.71. The van der Waals surface area contributed by atoms with Gasteiger partial charge in [0.05, 0.1) is 11.1 Å². The molecule has 1 aromatic carbocycles. The van der Waals surface area contributed by atoms with Crippen LogP contribution in [-0.4, -0.2) is 25.2 Å². The molecule has 1 aliphatic carbocycles. The molecule has 2 rings (SSSR count). The monoisotopic (exact) mass is 302 g/mol. The molecule has 1 saturated carbocycles. The van der Waals surface area contributed by atoms with E-state index in [1.807, 2.05) is 0 Å². The van der Waals surface area contributed by atoms with Crippen molar-refractivity contribution in [1.29, 1.82) is 0 Å². The smallest absolute Gasteiger partial charge is 0.422 e. The van der Waals surface area contributed by atoms with Gasteiger partial charge in [0.25, 0.3) is 0 Å². The van der Waals surface area contributed by atoms with E-state index in [1.54, 1.807) is 12.1 Å². The molecule has 1 aromatic rings. The highest BCUT2D eigenvalue weighted by Crippen LogP contribution is 2.41. The van der Waals surface area contributed by atoms with Crippen LogP contribution >= 0.6 is 0 Å². The summed E-state index contributed by atoms with van der Waals surface area (Å²) in [4.78, 5) is 12.2. The third-order valence-electron chi connectivity index (χ3n) is 3.71. The van der Waals surface area contributed by atoms with Gasteiger partial charge in [0.2, 0.25) is 5.91 Å². The van der Waals surface area contributed by atoms with Crippen LogP contribution in [0.1, 0.15) is 19.3 Å². The molecule has 4 nitrogen and oxygen atoms in total. The Bertz CT molecular complexity index is 508. The lowest BCUT2D eigenvalue weighted by Gasteiger charge is -2.39. The highest BCUT2D eigenvalue weighted by atomic mass is 19.4. The number of amides is 1. The van der Waals surface area contributed by atoms with Crippen molar-refractivity contribution in [2.75, 3.05) is 18.5 Å². The van der Waals surface area contributed by atoms with Crippen LogP contribution in [0.25, 0.3) is 0 Å². The minimum Gasteiger partial charge on any atom is -0.482 e. The predicted octanol–water partition coefficient (Wildman–Crippen LogP) is 2.70. The molecule has 0 spiro atoms. The van der Waals surface area contributed by atoms with Gasteiger partial charge in [-0.2, -0.15) is 13.2 Å². The molecule has 0 heterocycles. The van der Waals surface area contributed by atoms with Crippen molar-refractivity contribution in [3.05, 3.63) is 24.3 Å². The van der Waals surface area contributed by atoms with Crippen LogP contribution in [0, 0.1) is 5.41 Å². The first-order valence-electron chi connectivity index (χ1n) is 6.66. The summed E-state index contributed by atoms with van der Waals surface area (Å²) in [5.74, 6) is -0.269. The Kier molecular flexibility index (Phi) is 4.41. The summed E-state index contributed by atoms with van der Waals surface area (Å²) in [5, 5.41) is 2.63. The molecule has 1 fully saturated rings. The molecular weight excluding hydrogens is 285 g/mol. The van der Waals surface area contributed by atoms with E-state index in [2.05, 4.69) is 5.32 Å². The first-order chi connectivity index (χ1) is 9.86. The number of para-hydroxylation sites is 2. The van der Waals surface area contributed by atoms with Crippen molar-refractivity contribution in [1.82, 2.24) is 0 Å². The van der Waals surface area contributed by atoms with Gasteiger partial charge in [0.15, 0.2) is 6.61 Å². The summed E-state index contributed by atoms with van der Waals surface area (Å²) in [6.07, 6.45) is -2.11. The van der Waals surface area contributed by atoms with Crippen LogP contribution in [0.4, 0.5) is 18.9 Å². The lowest BCUT2D eigenvalue weighted by atomic mass is 9.68. The van der Waals surface area contributed by atoms with Gasteiger partial charge in [-0.15, -0.1) is 0 Å². The summed E-state index contributed by atoms with van der Waals surface area (Å²) in [5.41, 5.74) is 5.26. The van der Waals surface area contributed by atoms with Gasteiger partial charge < -0.3 is 15.8 Å². The number of rotatable bonds is 5. The molecule has 0 atom stereocenters. The summed E-state index contributed by atoms with van der Waals surface area (Å²) < 4.78 is 41.4. The first-order valence-corrected chi connectivity index (χ1v) is 6.66. The number of nitrogens with two attached hydrogens (primary N) is 1. The average molecular weight is 302 g/mol. The van der Waals surface area contributed by atoms with Crippen LogP contribution in [0.3, 0.4) is 0 Å². The second-order valence-electron chi connectivity index (χ2n) is 5.19. The lowest BCUT2D eigenvalue weighted by Crippen LogP contribution is -2.47. The summed E-state index contributed by atoms with van der Waals surface area (Å²) in [7, 11) is 0. The molecule has 0 unspecified atom stereocenters. The molecule has 7 heteroatoms. The molecule has 116 valence electrons. The van der Waals surface area contributed by atoms with E-state index < -0.39 is 18.2 Å². The number of carbonyl (C=O) groups is 1. The maximum absolute atomic E-state index is 12.2.